The second-order valence-electron chi connectivity index (χ2n) is 13.7. The van der Waals surface area contributed by atoms with Crippen molar-refractivity contribution in [1.82, 2.24) is 14.7 Å². The van der Waals surface area contributed by atoms with E-state index >= 15 is 0 Å². The molecule has 10 nitrogen and oxygen atoms in total. The van der Waals surface area contributed by atoms with Crippen LogP contribution in [0.25, 0.3) is 0 Å². The van der Waals surface area contributed by atoms with Crippen molar-refractivity contribution in [3.63, 3.8) is 0 Å². The highest BCUT2D eigenvalue weighted by Crippen LogP contribution is 2.49. The molecule has 10 heteroatoms. The van der Waals surface area contributed by atoms with Crippen molar-refractivity contribution in [3.05, 3.63) is 46.5 Å². The summed E-state index contributed by atoms with van der Waals surface area (Å²) in [4.78, 5) is 34.1. The number of carbonyl (C=O) groups excluding carboxylic acids is 2. The van der Waals surface area contributed by atoms with Crippen LogP contribution in [0.15, 0.2) is 24.3 Å². The molecule has 0 spiro atoms. The normalized spacial score (nSPS) is 26.1. The zero-order valence-electron chi connectivity index (χ0n) is 28.9. The van der Waals surface area contributed by atoms with E-state index in [4.69, 9.17) is 24.7 Å². The highest BCUT2D eigenvalue weighted by atomic mass is 16.5. The predicted molar refractivity (Wildman–Crippen MR) is 180 cm³/mol. The number of methoxy groups -OCH3 is 4. The van der Waals surface area contributed by atoms with E-state index in [1.807, 2.05) is 0 Å². The van der Waals surface area contributed by atoms with Gasteiger partial charge in [-0.2, -0.15) is 0 Å². The summed E-state index contributed by atoms with van der Waals surface area (Å²) < 4.78 is 22.8. The number of carbonyl (C=O) groups is 2. The molecule has 0 bridgehead atoms. The maximum atomic E-state index is 14.6. The molecule has 2 fully saturated rings. The van der Waals surface area contributed by atoms with Crippen molar-refractivity contribution in [2.24, 2.45) is 17.6 Å². The van der Waals surface area contributed by atoms with E-state index in [9.17, 15) is 9.59 Å². The quantitative estimate of drug-likeness (QED) is 0.423. The van der Waals surface area contributed by atoms with E-state index in [-0.39, 0.29) is 23.9 Å². The first kappa shape index (κ1) is 33.4. The number of fused-ring (bicyclic) bond motifs is 4. The smallest absolute Gasteiger partial charge is 0.245 e. The van der Waals surface area contributed by atoms with Gasteiger partial charge in [-0.1, -0.05) is 13.3 Å². The number of hydrogen-bond acceptors (Lipinski definition) is 8. The monoisotopic (exact) mass is 648 g/mol. The van der Waals surface area contributed by atoms with Gasteiger partial charge in [-0.05, 0) is 104 Å². The minimum atomic E-state index is -0.634. The minimum Gasteiger partial charge on any atom is -0.493 e. The number of rotatable bonds is 9. The predicted octanol–water partition coefficient (Wildman–Crippen LogP) is 4.52. The Morgan fingerprint density at radius 1 is 0.830 bits per heavy atom. The zero-order chi connectivity index (χ0) is 33.4. The summed E-state index contributed by atoms with van der Waals surface area (Å²) in [7, 11) is 6.72. The molecule has 47 heavy (non-hydrogen) atoms. The highest BCUT2D eigenvalue weighted by Gasteiger charge is 2.45. The van der Waals surface area contributed by atoms with Gasteiger partial charge in [-0.3, -0.25) is 14.5 Å². The first-order valence-corrected chi connectivity index (χ1v) is 17.3. The average Bonchev–Trinajstić information content (AvgIpc) is 3.59. The second kappa shape index (κ2) is 13.9. The number of ether oxygens (including phenoxy) is 4. The van der Waals surface area contributed by atoms with E-state index in [1.165, 1.54) is 16.7 Å². The third kappa shape index (κ3) is 6.15. The van der Waals surface area contributed by atoms with Crippen LogP contribution in [0.3, 0.4) is 0 Å². The molecule has 4 aliphatic heterocycles. The average molecular weight is 649 g/mol. The topological polar surface area (TPSA) is 107 Å². The Hall–Kier alpha value is -3.50. The molecule has 0 saturated carbocycles. The number of hydrogen-bond donors (Lipinski definition) is 1. The largest absolute Gasteiger partial charge is 0.493 e. The van der Waals surface area contributed by atoms with E-state index in [2.05, 4.69) is 41.0 Å². The fraction of sp³-hybridized carbons (Fsp3) is 0.622. The van der Waals surface area contributed by atoms with Gasteiger partial charge < -0.3 is 34.5 Å². The summed E-state index contributed by atoms with van der Waals surface area (Å²) in [5.74, 6) is 3.68. The van der Waals surface area contributed by atoms with Gasteiger partial charge in [0.2, 0.25) is 11.8 Å². The molecular weight excluding hydrogens is 596 g/mol. The molecule has 2 amide bonds. The molecule has 4 heterocycles. The zero-order valence-corrected chi connectivity index (χ0v) is 28.9. The van der Waals surface area contributed by atoms with Crippen molar-refractivity contribution in [3.8, 4) is 23.0 Å². The van der Waals surface area contributed by atoms with Crippen LogP contribution in [-0.2, 0) is 22.4 Å². The fourth-order valence-electron chi connectivity index (χ4n) is 8.83. The van der Waals surface area contributed by atoms with Gasteiger partial charge in [-0.25, -0.2) is 0 Å². The molecule has 2 aromatic carbocycles. The molecule has 0 radical (unpaired) electrons. The van der Waals surface area contributed by atoms with Crippen LogP contribution in [0.2, 0.25) is 0 Å². The lowest BCUT2D eigenvalue weighted by atomic mass is 9.72. The van der Waals surface area contributed by atoms with E-state index in [0.717, 1.165) is 68.7 Å². The first-order valence-electron chi connectivity index (χ1n) is 17.3. The van der Waals surface area contributed by atoms with E-state index in [1.54, 1.807) is 40.3 Å². The Bertz CT molecular complexity index is 1480. The molecule has 6 rings (SSSR count). The number of amides is 2. The van der Waals surface area contributed by atoms with Gasteiger partial charge in [0.25, 0.3) is 0 Å². The molecule has 6 atom stereocenters. The van der Waals surface area contributed by atoms with Gasteiger partial charge in [-0.15, -0.1) is 0 Å². The molecule has 0 unspecified atom stereocenters. The van der Waals surface area contributed by atoms with Crippen molar-refractivity contribution >= 4 is 11.8 Å². The van der Waals surface area contributed by atoms with Gasteiger partial charge in [0.1, 0.15) is 6.04 Å². The second-order valence-corrected chi connectivity index (χ2v) is 13.7. The van der Waals surface area contributed by atoms with E-state index < -0.39 is 12.1 Å². The van der Waals surface area contributed by atoms with Crippen molar-refractivity contribution < 1.29 is 28.5 Å². The highest BCUT2D eigenvalue weighted by molar-refractivity contribution is 5.90. The molecule has 2 N–H and O–H groups in total. The van der Waals surface area contributed by atoms with Crippen LogP contribution in [0.5, 0.6) is 23.0 Å². The summed E-state index contributed by atoms with van der Waals surface area (Å²) >= 11 is 0. The van der Waals surface area contributed by atoms with Crippen LogP contribution >= 0.6 is 0 Å². The number of likely N-dealkylation sites (tertiary alicyclic amines) is 1. The van der Waals surface area contributed by atoms with Crippen LogP contribution in [-0.4, -0.2) is 93.2 Å². The van der Waals surface area contributed by atoms with Gasteiger partial charge >= 0.3 is 0 Å². The summed E-state index contributed by atoms with van der Waals surface area (Å²) in [6, 6.07) is 7.53. The SMILES string of the molecule is CC[C@H]1CN2CCc3cc(OC)c(OC)cc3[C@@H]2C[C@@H]1C[C@@H]1c2cc(OC)c(OC)cc2CCN1C(=O)[C@@H]1CCCN1C(=O)[C@H](C)N. The number of nitrogens with two attached hydrogens (primary N) is 1. The summed E-state index contributed by atoms with van der Waals surface area (Å²) in [5, 5.41) is 0. The molecule has 2 saturated heterocycles. The maximum Gasteiger partial charge on any atom is 0.245 e. The molecular formula is C37H52N4O6. The summed E-state index contributed by atoms with van der Waals surface area (Å²) in [5.41, 5.74) is 11.0. The van der Waals surface area contributed by atoms with Crippen molar-refractivity contribution in [2.75, 3.05) is 54.6 Å². The third-order valence-electron chi connectivity index (χ3n) is 11.3. The van der Waals surface area contributed by atoms with Gasteiger partial charge in [0.05, 0.1) is 40.5 Å². The van der Waals surface area contributed by atoms with Crippen LogP contribution in [0.4, 0.5) is 0 Å². The Morgan fingerprint density at radius 2 is 1.43 bits per heavy atom. The Labute approximate surface area is 279 Å². The first-order chi connectivity index (χ1) is 22.7. The number of piperidine rings is 1. The Morgan fingerprint density at radius 3 is 2.04 bits per heavy atom. The lowest BCUT2D eigenvalue weighted by Gasteiger charge is -2.49. The minimum absolute atomic E-state index is 0.0345. The van der Waals surface area contributed by atoms with Crippen molar-refractivity contribution in [1.29, 1.82) is 0 Å². The standard InChI is InChI=1S/C37H52N4O6/c1-7-23-21-39-13-10-24-17-32(44-3)34(46-5)19-27(24)30(39)15-26(23)16-31-28-20-35(47-6)33(45-4)18-25(28)11-14-41(31)37(43)29-9-8-12-40(29)36(42)22(2)38/h17-20,22-23,26,29-31H,7-16,21,38H2,1-6H3/t22-,23-,26+,29-,30-,31+/m0/s1. The van der Waals surface area contributed by atoms with Crippen molar-refractivity contribution in [2.45, 2.75) is 83.0 Å². The van der Waals surface area contributed by atoms with Crippen LogP contribution < -0.4 is 24.7 Å². The molecule has 2 aromatic rings. The third-order valence-corrected chi connectivity index (χ3v) is 11.3. The summed E-state index contributed by atoms with van der Waals surface area (Å²) in [6.07, 6.45) is 6.10. The number of nitrogens with zero attached hydrogens (tertiary/aromatic N) is 3. The van der Waals surface area contributed by atoms with Gasteiger partial charge in [0, 0.05) is 32.2 Å². The maximum absolute atomic E-state index is 14.6. The molecule has 256 valence electrons. The molecule has 0 aromatic heterocycles. The number of benzene rings is 2. The fourth-order valence-corrected chi connectivity index (χ4v) is 8.83. The lowest BCUT2D eigenvalue weighted by Crippen LogP contribution is -2.54. The van der Waals surface area contributed by atoms with Crippen LogP contribution in [0.1, 0.15) is 80.3 Å². The molecule has 0 aliphatic carbocycles. The molecule has 4 aliphatic rings. The van der Waals surface area contributed by atoms with E-state index in [0.29, 0.717) is 42.8 Å². The Kier molecular flexibility index (Phi) is 9.90. The van der Waals surface area contributed by atoms with Crippen LogP contribution in [0, 0.1) is 11.8 Å². The van der Waals surface area contributed by atoms with Gasteiger partial charge in [0.15, 0.2) is 23.0 Å². The summed E-state index contributed by atoms with van der Waals surface area (Å²) in [6.45, 7) is 7.22. The lowest BCUT2D eigenvalue weighted by molar-refractivity contribution is -0.146. The Balaban J connectivity index is 1.36.